The monoisotopic (exact) mass is 450 g/mol. The smallest absolute Gasteiger partial charge is 0.271 e. The molecule has 9 nitrogen and oxygen atoms in total. The summed E-state index contributed by atoms with van der Waals surface area (Å²) in [5.41, 5.74) is -0.257. The topological polar surface area (TPSA) is 113 Å². The van der Waals surface area contributed by atoms with E-state index >= 15 is 0 Å². The molecule has 1 spiro atoms. The van der Waals surface area contributed by atoms with E-state index in [0.717, 1.165) is 11.3 Å². The zero-order valence-electron chi connectivity index (χ0n) is 17.6. The van der Waals surface area contributed by atoms with Gasteiger partial charge in [0.05, 0.1) is 22.4 Å². The fourth-order valence-electron chi connectivity index (χ4n) is 6.36. The maximum Gasteiger partial charge on any atom is 0.271 e. The van der Waals surface area contributed by atoms with Gasteiger partial charge >= 0.3 is 0 Å². The minimum Gasteiger partial charge on any atom is -0.324 e. The number of nitro benzene ring substituents is 1. The number of imide groups is 1. The number of benzene rings is 2. The molecular formula is C23H19FN4O5. The standard InChI is InChI=1S/C23H19FN4O5/c1-11-4-6-13(28(32)33)10-17(11)27-20(29)18-16-3-2-8-26(16)23(19(18)21(27)30)14-9-12(24)5-7-15(14)25-22(23)31/h4-7,9-10,16,18-19H,2-3,8H2,1H3,(H,25,31)/t16-,18+,19-,23+/m0/s1. The quantitative estimate of drug-likeness (QED) is 0.427. The molecule has 0 radical (unpaired) electrons. The highest BCUT2D eigenvalue weighted by atomic mass is 19.1. The second kappa shape index (κ2) is 6.44. The predicted octanol–water partition coefficient (Wildman–Crippen LogP) is 2.47. The van der Waals surface area contributed by atoms with Crippen LogP contribution in [0, 0.1) is 34.7 Å². The molecule has 4 aliphatic rings. The zero-order valence-corrected chi connectivity index (χ0v) is 17.6. The molecule has 33 heavy (non-hydrogen) atoms. The number of rotatable bonds is 2. The van der Waals surface area contributed by atoms with Crippen molar-refractivity contribution in [3.8, 4) is 0 Å². The van der Waals surface area contributed by atoms with Gasteiger partial charge in [-0.15, -0.1) is 0 Å². The number of carbonyl (C=O) groups excluding carboxylic acids is 3. The van der Waals surface area contributed by atoms with Crippen molar-refractivity contribution in [1.29, 1.82) is 0 Å². The Bertz CT molecular complexity index is 1300. The van der Waals surface area contributed by atoms with E-state index in [9.17, 15) is 28.9 Å². The molecule has 0 saturated carbocycles. The third kappa shape index (κ3) is 2.31. The molecule has 2 aromatic rings. The van der Waals surface area contributed by atoms with E-state index in [4.69, 9.17) is 0 Å². The predicted molar refractivity (Wildman–Crippen MR) is 114 cm³/mol. The number of non-ortho nitro benzene ring substituents is 1. The maximum atomic E-state index is 14.3. The van der Waals surface area contributed by atoms with E-state index in [0.29, 0.717) is 29.8 Å². The van der Waals surface area contributed by atoms with E-state index in [-0.39, 0.29) is 17.4 Å². The molecule has 3 saturated heterocycles. The molecule has 0 aromatic heterocycles. The number of halogens is 1. The van der Waals surface area contributed by atoms with Crippen LogP contribution >= 0.6 is 0 Å². The van der Waals surface area contributed by atoms with Crippen molar-refractivity contribution in [2.75, 3.05) is 16.8 Å². The molecule has 3 fully saturated rings. The van der Waals surface area contributed by atoms with Gasteiger partial charge in [-0.25, -0.2) is 9.29 Å². The first-order chi connectivity index (χ1) is 15.8. The lowest BCUT2D eigenvalue weighted by Gasteiger charge is -2.36. The minimum absolute atomic E-state index is 0.145. The van der Waals surface area contributed by atoms with Crippen LogP contribution in [-0.4, -0.2) is 40.1 Å². The van der Waals surface area contributed by atoms with Gasteiger partial charge in [0.25, 0.3) is 5.69 Å². The summed E-state index contributed by atoms with van der Waals surface area (Å²) in [5.74, 6) is -3.88. The number of hydrogen-bond acceptors (Lipinski definition) is 6. The second-order valence-corrected chi connectivity index (χ2v) is 9.06. The van der Waals surface area contributed by atoms with Crippen molar-refractivity contribution in [3.05, 3.63) is 63.5 Å². The lowest BCUT2D eigenvalue weighted by atomic mass is 9.75. The van der Waals surface area contributed by atoms with E-state index in [1.807, 2.05) is 4.90 Å². The van der Waals surface area contributed by atoms with Crippen LogP contribution in [0.1, 0.15) is 24.0 Å². The molecule has 2 aromatic carbocycles. The summed E-state index contributed by atoms with van der Waals surface area (Å²) in [7, 11) is 0. The first kappa shape index (κ1) is 20.0. The number of aryl methyl sites for hydroxylation is 1. The summed E-state index contributed by atoms with van der Waals surface area (Å²) in [6.07, 6.45) is 1.37. The number of anilines is 2. The van der Waals surface area contributed by atoms with Gasteiger partial charge in [-0.3, -0.25) is 29.4 Å². The van der Waals surface area contributed by atoms with Crippen LogP contribution in [0.4, 0.5) is 21.5 Å². The first-order valence-electron chi connectivity index (χ1n) is 10.8. The minimum atomic E-state index is -1.49. The summed E-state index contributed by atoms with van der Waals surface area (Å²) >= 11 is 0. The zero-order chi connectivity index (χ0) is 23.2. The van der Waals surface area contributed by atoms with Crippen LogP contribution in [0.5, 0.6) is 0 Å². The number of nitrogens with one attached hydrogen (secondary N) is 1. The third-order valence-corrected chi connectivity index (χ3v) is 7.60. The van der Waals surface area contributed by atoms with Gasteiger partial charge in [-0.2, -0.15) is 0 Å². The van der Waals surface area contributed by atoms with Gasteiger partial charge in [0.2, 0.25) is 17.7 Å². The highest BCUT2D eigenvalue weighted by molar-refractivity contribution is 6.26. The van der Waals surface area contributed by atoms with Crippen molar-refractivity contribution in [3.63, 3.8) is 0 Å². The van der Waals surface area contributed by atoms with Crippen LogP contribution in [0.15, 0.2) is 36.4 Å². The Morgan fingerprint density at radius 1 is 1.15 bits per heavy atom. The molecule has 0 unspecified atom stereocenters. The maximum absolute atomic E-state index is 14.3. The summed E-state index contributed by atoms with van der Waals surface area (Å²) in [6.45, 7) is 2.18. The van der Waals surface area contributed by atoms with Gasteiger partial charge in [0.1, 0.15) is 11.4 Å². The molecule has 4 aliphatic heterocycles. The average Bonchev–Trinajstić information content (AvgIpc) is 3.47. The van der Waals surface area contributed by atoms with Crippen molar-refractivity contribution in [2.45, 2.75) is 31.3 Å². The van der Waals surface area contributed by atoms with Gasteiger partial charge in [0.15, 0.2) is 0 Å². The van der Waals surface area contributed by atoms with Crippen LogP contribution in [-0.2, 0) is 19.9 Å². The first-order valence-corrected chi connectivity index (χ1v) is 10.8. The van der Waals surface area contributed by atoms with Gasteiger partial charge in [-0.05, 0) is 50.1 Å². The Morgan fingerprint density at radius 3 is 2.70 bits per heavy atom. The molecular weight excluding hydrogens is 431 g/mol. The van der Waals surface area contributed by atoms with Crippen LogP contribution in [0.3, 0.4) is 0 Å². The summed E-state index contributed by atoms with van der Waals surface area (Å²) in [5, 5.41) is 14.1. The molecule has 1 N–H and O–H groups in total. The number of nitro groups is 1. The Labute approximate surface area is 187 Å². The molecule has 4 atom stereocenters. The molecule has 4 heterocycles. The Hall–Kier alpha value is -3.66. The molecule has 3 amide bonds. The molecule has 6 rings (SSSR count). The SMILES string of the molecule is Cc1ccc([N+](=O)[O-])cc1N1C(=O)[C@H]2[C@@H](C1=O)[C@]1(C(=O)Nc3ccc(F)cc31)N1CCC[C@@H]21. The summed E-state index contributed by atoms with van der Waals surface area (Å²) in [4.78, 5) is 54.8. The number of hydrogen-bond donors (Lipinski definition) is 1. The lowest BCUT2D eigenvalue weighted by Crippen LogP contribution is -2.54. The number of nitrogens with zero attached hydrogens (tertiary/aromatic N) is 3. The number of amides is 3. The Morgan fingerprint density at radius 2 is 1.94 bits per heavy atom. The summed E-state index contributed by atoms with van der Waals surface area (Å²) < 4.78 is 14.3. The Balaban J connectivity index is 1.56. The van der Waals surface area contributed by atoms with E-state index in [1.165, 1.54) is 36.4 Å². The number of fused-ring (bicyclic) bond motifs is 7. The molecule has 168 valence electrons. The highest BCUT2D eigenvalue weighted by Gasteiger charge is 2.74. The van der Waals surface area contributed by atoms with Crippen molar-refractivity contribution in [2.24, 2.45) is 11.8 Å². The van der Waals surface area contributed by atoms with Crippen molar-refractivity contribution >= 4 is 34.8 Å². The molecule has 0 aliphatic carbocycles. The Kier molecular flexibility index (Phi) is 3.90. The molecule has 10 heteroatoms. The average molecular weight is 450 g/mol. The van der Waals surface area contributed by atoms with Gasteiger partial charge in [-0.1, -0.05) is 6.07 Å². The fraction of sp³-hybridized carbons (Fsp3) is 0.348. The van der Waals surface area contributed by atoms with Crippen LogP contribution in [0.25, 0.3) is 0 Å². The highest BCUT2D eigenvalue weighted by Crippen LogP contribution is 2.60. The van der Waals surface area contributed by atoms with E-state index < -0.39 is 45.8 Å². The van der Waals surface area contributed by atoms with Crippen molar-refractivity contribution < 1.29 is 23.7 Å². The van der Waals surface area contributed by atoms with E-state index in [2.05, 4.69) is 5.32 Å². The lowest BCUT2D eigenvalue weighted by molar-refractivity contribution is -0.384. The second-order valence-electron chi connectivity index (χ2n) is 9.06. The fourth-order valence-corrected chi connectivity index (χ4v) is 6.36. The third-order valence-electron chi connectivity index (χ3n) is 7.60. The largest absolute Gasteiger partial charge is 0.324 e. The summed E-state index contributed by atoms with van der Waals surface area (Å²) in [6, 6.07) is 7.65. The number of carbonyl (C=O) groups is 3. The van der Waals surface area contributed by atoms with Crippen LogP contribution < -0.4 is 10.2 Å². The van der Waals surface area contributed by atoms with Crippen LogP contribution in [0.2, 0.25) is 0 Å². The normalized spacial score (nSPS) is 30.1. The van der Waals surface area contributed by atoms with Crippen molar-refractivity contribution in [1.82, 2.24) is 4.90 Å². The van der Waals surface area contributed by atoms with E-state index in [1.54, 1.807) is 6.92 Å². The van der Waals surface area contributed by atoms with Gasteiger partial charge in [0, 0.05) is 29.4 Å². The molecule has 0 bridgehead atoms. The van der Waals surface area contributed by atoms with Gasteiger partial charge < -0.3 is 5.32 Å².